The van der Waals surface area contributed by atoms with E-state index in [0.29, 0.717) is 17.4 Å². The fourth-order valence-electron chi connectivity index (χ4n) is 4.72. The lowest BCUT2D eigenvalue weighted by atomic mass is 9.99. The molecule has 2 heterocycles. The first-order valence-corrected chi connectivity index (χ1v) is 12.0. The van der Waals surface area contributed by atoms with Crippen LogP contribution in [0.5, 0.6) is 5.75 Å². The lowest BCUT2D eigenvalue weighted by Crippen LogP contribution is -2.35. The van der Waals surface area contributed by atoms with Gasteiger partial charge in [0.2, 0.25) is 0 Å². The van der Waals surface area contributed by atoms with Gasteiger partial charge in [-0.05, 0) is 74.2 Å². The summed E-state index contributed by atoms with van der Waals surface area (Å²) in [6.45, 7) is 4.00. The molecule has 0 bridgehead atoms. The van der Waals surface area contributed by atoms with Crippen molar-refractivity contribution in [3.05, 3.63) is 82.6 Å². The summed E-state index contributed by atoms with van der Waals surface area (Å²) < 4.78 is 45.3. The molecular weight excluding hydrogens is 467 g/mol. The Morgan fingerprint density at radius 1 is 1.06 bits per heavy atom. The van der Waals surface area contributed by atoms with Crippen LogP contribution in [0.1, 0.15) is 18.4 Å². The SMILES string of the molecule is Cc1ccc(-c2ccc3nc(-c4ccccc4OC(F)(F)F)n(CC4CCCNC4)c(=O)c3c2)cc1. The van der Waals surface area contributed by atoms with Gasteiger partial charge >= 0.3 is 6.36 Å². The van der Waals surface area contributed by atoms with E-state index in [9.17, 15) is 18.0 Å². The van der Waals surface area contributed by atoms with Crippen molar-refractivity contribution in [1.29, 1.82) is 0 Å². The van der Waals surface area contributed by atoms with Crippen LogP contribution in [-0.2, 0) is 6.54 Å². The van der Waals surface area contributed by atoms with Gasteiger partial charge < -0.3 is 10.1 Å². The minimum absolute atomic E-state index is 0.125. The Morgan fingerprint density at radius 3 is 2.53 bits per heavy atom. The predicted molar refractivity (Wildman–Crippen MR) is 134 cm³/mol. The predicted octanol–water partition coefficient (Wildman–Crippen LogP) is 5.94. The zero-order chi connectivity index (χ0) is 25.3. The fourth-order valence-corrected chi connectivity index (χ4v) is 4.72. The molecule has 0 spiro atoms. The maximum atomic E-state index is 13.9. The molecule has 1 aromatic heterocycles. The van der Waals surface area contributed by atoms with Gasteiger partial charge in [0, 0.05) is 6.54 Å². The van der Waals surface area contributed by atoms with E-state index in [1.807, 2.05) is 43.3 Å². The van der Waals surface area contributed by atoms with Crippen molar-refractivity contribution in [2.24, 2.45) is 5.92 Å². The molecule has 1 saturated heterocycles. The summed E-state index contributed by atoms with van der Waals surface area (Å²) >= 11 is 0. The maximum absolute atomic E-state index is 13.9. The van der Waals surface area contributed by atoms with Crippen LogP contribution in [0.2, 0.25) is 0 Å². The third-order valence-electron chi connectivity index (χ3n) is 6.53. The Kier molecular flexibility index (Phi) is 6.53. The van der Waals surface area contributed by atoms with Crippen LogP contribution in [0.25, 0.3) is 33.4 Å². The summed E-state index contributed by atoms with van der Waals surface area (Å²) in [5.74, 6) is -0.0607. The third-order valence-corrected chi connectivity index (χ3v) is 6.53. The zero-order valence-corrected chi connectivity index (χ0v) is 19.8. The van der Waals surface area contributed by atoms with Crippen molar-refractivity contribution in [3.8, 4) is 28.3 Å². The second-order valence-corrected chi connectivity index (χ2v) is 9.21. The smallest absolute Gasteiger partial charge is 0.405 e. The molecule has 1 fully saturated rings. The standard InChI is InChI=1S/C28H26F3N3O2/c1-18-8-10-20(11-9-18)21-12-13-24-23(15-21)27(35)34(17-19-5-4-14-32-16-19)26(33-24)22-6-2-3-7-25(22)36-28(29,30)31/h2-3,6-13,15,19,32H,4-5,14,16-17H2,1H3. The normalized spacial score (nSPS) is 16.3. The van der Waals surface area contributed by atoms with Gasteiger partial charge in [0.05, 0.1) is 16.5 Å². The molecule has 1 unspecified atom stereocenters. The molecule has 0 saturated carbocycles. The minimum atomic E-state index is -4.87. The van der Waals surface area contributed by atoms with E-state index >= 15 is 0 Å². The Hall–Kier alpha value is -3.65. The quantitative estimate of drug-likeness (QED) is 0.374. The van der Waals surface area contributed by atoms with E-state index in [4.69, 9.17) is 4.98 Å². The highest BCUT2D eigenvalue weighted by Gasteiger charge is 2.33. The Bertz CT molecular complexity index is 1440. The van der Waals surface area contributed by atoms with Crippen LogP contribution in [0, 0.1) is 12.8 Å². The summed E-state index contributed by atoms with van der Waals surface area (Å²) in [5.41, 5.74) is 3.25. The lowest BCUT2D eigenvalue weighted by Gasteiger charge is -2.25. The highest BCUT2D eigenvalue weighted by atomic mass is 19.4. The third kappa shape index (κ3) is 5.14. The number of rotatable bonds is 5. The highest BCUT2D eigenvalue weighted by Crippen LogP contribution is 2.34. The average Bonchev–Trinajstić information content (AvgIpc) is 2.86. The number of para-hydroxylation sites is 1. The molecular formula is C28H26F3N3O2. The molecule has 5 rings (SSSR count). The zero-order valence-electron chi connectivity index (χ0n) is 19.8. The van der Waals surface area contributed by atoms with Crippen molar-refractivity contribution in [2.75, 3.05) is 13.1 Å². The number of piperidine rings is 1. The first-order valence-electron chi connectivity index (χ1n) is 12.0. The Labute approximate surface area is 206 Å². The average molecular weight is 494 g/mol. The van der Waals surface area contributed by atoms with Crippen molar-refractivity contribution in [3.63, 3.8) is 0 Å². The molecule has 0 radical (unpaired) electrons. The number of hydrogen-bond donors (Lipinski definition) is 1. The minimum Gasteiger partial charge on any atom is -0.405 e. The molecule has 1 aliphatic heterocycles. The van der Waals surface area contributed by atoms with E-state index in [2.05, 4.69) is 10.1 Å². The maximum Gasteiger partial charge on any atom is 0.573 e. The number of nitrogens with zero attached hydrogens (tertiary/aromatic N) is 2. The number of fused-ring (bicyclic) bond motifs is 1. The van der Waals surface area contributed by atoms with E-state index in [0.717, 1.165) is 42.6 Å². The topological polar surface area (TPSA) is 56.1 Å². The van der Waals surface area contributed by atoms with E-state index in [-0.39, 0.29) is 28.6 Å². The Balaban J connectivity index is 1.69. The molecule has 0 aliphatic carbocycles. The molecule has 5 nitrogen and oxygen atoms in total. The van der Waals surface area contributed by atoms with Gasteiger partial charge in [0.15, 0.2) is 0 Å². The summed E-state index contributed by atoms with van der Waals surface area (Å²) in [6.07, 6.45) is -2.98. The van der Waals surface area contributed by atoms with Crippen LogP contribution in [-0.4, -0.2) is 29.0 Å². The molecule has 36 heavy (non-hydrogen) atoms. The number of alkyl halides is 3. The van der Waals surface area contributed by atoms with Gasteiger partial charge in [-0.3, -0.25) is 9.36 Å². The molecule has 4 aromatic rings. The number of aryl methyl sites for hydroxylation is 1. The van der Waals surface area contributed by atoms with Gasteiger partial charge in [-0.25, -0.2) is 4.98 Å². The number of ether oxygens (including phenoxy) is 1. The fraction of sp³-hybridized carbons (Fsp3) is 0.286. The van der Waals surface area contributed by atoms with Gasteiger partial charge in [-0.15, -0.1) is 13.2 Å². The monoisotopic (exact) mass is 493 g/mol. The number of benzene rings is 3. The van der Waals surface area contributed by atoms with E-state index in [1.54, 1.807) is 12.1 Å². The van der Waals surface area contributed by atoms with Crippen LogP contribution in [0.15, 0.2) is 71.5 Å². The summed E-state index contributed by atoms with van der Waals surface area (Å²) in [6, 6.07) is 19.3. The van der Waals surface area contributed by atoms with Crippen LogP contribution < -0.4 is 15.6 Å². The molecule has 3 aromatic carbocycles. The Morgan fingerprint density at radius 2 is 1.81 bits per heavy atom. The van der Waals surface area contributed by atoms with Crippen molar-refractivity contribution >= 4 is 10.9 Å². The first-order chi connectivity index (χ1) is 17.3. The molecule has 186 valence electrons. The second kappa shape index (κ2) is 9.78. The van der Waals surface area contributed by atoms with E-state index < -0.39 is 6.36 Å². The summed E-state index contributed by atoms with van der Waals surface area (Å²) in [5, 5.41) is 3.77. The van der Waals surface area contributed by atoms with Crippen LogP contribution in [0.3, 0.4) is 0 Å². The number of halogens is 3. The van der Waals surface area contributed by atoms with Gasteiger partial charge in [-0.2, -0.15) is 0 Å². The molecule has 8 heteroatoms. The van der Waals surface area contributed by atoms with Gasteiger partial charge in [0.25, 0.3) is 5.56 Å². The number of nitrogens with one attached hydrogen (secondary N) is 1. The first kappa shape index (κ1) is 24.1. The largest absolute Gasteiger partial charge is 0.573 e. The van der Waals surface area contributed by atoms with Crippen molar-refractivity contribution < 1.29 is 17.9 Å². The number of aromatic nitrogens is 2. The van der Waals surface area contributed by atoms with Crippen molar-refractivity contribution in [2.45, 2.75) is 32.7 Å². The van der Waals surface area contributed by atoms with Gasteiger partial charge in [-0.1, -0.05) is 48.0 Å². The lowest BCUT2D eigenvalue weighted by molar-refractivity contribution is -0.274. The van der Waals surface area contributed by atoms with E-state index in [1.165, 1.54) is 22.8 Å². The molecule has 1 aliphatic rings. The number of hydrogen-bond acceptors (Lipinski definition) is 4. The summed E-state index contributed by atoms with van der Waals surface area (Å²) in [7, 11) is 0. The van der Waals surface area contributed by atoms with Crippen molar-refractivity contribution in [1.82, 2.24) is 14.9 Å². The second-order valence-electron chi connectivity index (χ2n) is 9.21. The van der Waals surface area contributed by atoms with Crippen LogP contribution in [0.4, 0.5) is 13.2 Å². The molecule has 1 atom stereocenters. The van der Waals surface area contributed by atoms with Crippen LogP contribution >= 0.6 is 0 Å². The molecule has 1 N–H and O–H groups in total. The summed E-state index contributed by atoms with van der Waals surface area (Å²) in [4.78, 5) is 18.6. The molecule has 0 amide bonds. The highest BCUT2D eigenvalue weighted by molar-refractivity contribution is 5.85. The van der Waals surface area contributed by atoms with Gasteiger partial charge in [0.1, 0.15) is 11.6 Å².